The number of aliphatic hydroxyl groups is 1. The van der Waals surface area contributed by atoms with Crippen LogP contribution in [0.3, 0.4) is 0 Å². The molecule has 346 valence electrons. The lowest BCUT2D eigenvalue weighted by molar-refractivity contribution is -0.314. The van der Waals surface area contributed by atoms with Crippen LogP contribution in [-0.2, 0) is 47.5 Å². The molecule has 0 spiro atoms. The third-order valence-electron chi connectivity index (χ3n) is 14.8. The van der Waals surface area contributed by atoms with Crippen LogP contribution in [0.4, 0.5) is 4.79 Å². The summed E-state index contributed by atoms with van der Waals surface area (Å²) in [5.74, 6) is -3.46. The Balaban J connectivity index is 1.63. The number of alkyl carbamates (subject to hydrolysis) is 1. The van der Waals surface area contributed by atoms with Crippen LogP contribution in [0.1, 0.15) is 94.9 Å². The second kappa shape index (κ2) is 19.4. The second-order valence-electron chi connectivity index (χ2n) is 19.5. The first-order valence-corrected chi connectivity index (χ1v) is 22.3. The average Bonchev–Trinajstić information content (AvgIpc) is 3.52. The molecule has 0 aromatic carbocycles. The molecule has 18 atom stereocenters. The Labute approximate surface area is 358 Å². The van der Waals surface area contributed by atoms with Crippen LogP contribution >= 0.6 is 0 Å². The summed E-state index contributed by atoms with van der Waals surface area (Å²) < 4.78 is 52.1. The van der Waals surface area contributed by atoms with E-state index in [1.807, 2.05) is 48.7 Å². The van der Waals surface area contributed by atoms with Gasteiger partial charge in [0, 0.05) is 70.6 Å². The van der Waals surface area contributed by atoms with Gasteiger partial charge in [-0.2, -0.15) is 0 Å². The molecule has 5 saturated heterocycles. The number of aliphatic hydroxyl groups excluding tert-OH is 1. The van der Waals surface area contributed by atoms with Crippen LogP contribution in [0, 0.1) is 23.7 Å². The predicted octanol–water partition coefficient (Wildman–Crippen LogP) is 3.45. The number of piperazine rings is 1. The van der Waals surface area contributed by atoms with E-state index in [1.54, 1.807) is 41.9 Å². The summed E-state index contributed by atoms with van der Waals surface area (Å²) >= 11 is 0. The maximum Gasteiger partial charge on any atom is 0.408 e. The van der Waals surface area contributed by atoms with Gasteiger partial charge in [-0.1, -0.05) is 27.7 Å². The van der Waals surface area contributed by atoms with Gasteiger partial charge >= 0.3 is 12.1 Å². The molecule has 2 N–H and O–H groups in total. The number of fused-ring (bicyclic) bond motifs is 1. The number of Topliss-reactive ketones (excluding diaryl/α,β-unsaturated/α-hetero) is 1. The highest BCUT2D eigenvalue weighted by atomic mass is 16.7. The summed E-state index contributed by atoms with van der Waals surface area (Å²) in [5, 5.41) is 14.0. The predicted molar refractivity (Wildman–Crippen MR) is 223 cm³/mol. The van der Waals surface area contributed by atoms with E-state index < -0.39 is 102 Å². The number of nitrogens with one attached hydrogen (secondary N) is 1. The van der Waals surface area contributed by atoms with Gasteiger partial charge in [0.15, 0.2) is 18.2 Å². The molecule has 0 bridgehead atoms. The molecule has 5 fully saturated rings. The average molecular weight is 855 g/mol. The molecule has 0 radical (unpaired) electrons. The number of likely N-dealkylation sites (N-methyl/N-ethyl adjacent to an activating group) is 2. The van der Waals surface area contributed by atoms with Crippen LogP contribution in [0.5, 0.6) is 0 Å². The van der Waals surface area contributed by atoms with E-state index in [0.717, 1.165) is 32.6 Å². The molecule has 0 aromatic rings. The van der Waals surface area contributed by atoms with Crippen LogP contribution in [0.25, 0.3) is 0 Å². The van der Waals surface area contributed by atoms with Gasteiger partial charge in [0.05, 0.1) is 53.6 Å². The van der Waals surface area contributed by atoms with Crippen molar-refractivity contribution in [3.05, 3.63) is 0 Å². The van der Waals surface area contributed by atoms with Crippen LogP contribution in [-0.4, -0.2) is 183 Å². The maximum atomic E-state index is 14.7. The number of methoxy groups -OCH3 is 2. The Kier molecular flexibility index (Phi) is 15.9. The van der Waals surface area contributed by atoms with E-state index in [-0.39, 0.29) is 36.8 Å². The van der Waals surface area contributed by atoms with Crippen molar-refractivity contribution >= 4 is 17.8 Å². The number of ether oxygens (including phenoxy) is 8. The van der Waals surface area contributed by atoms with Crippen molar-refractivity contribution < 1.29 is 57.4 Å². The first kappa shape index (κ1) is 49.0. The van der Waals surface area contributed by atoms with E-state index in [0.29, 0.717) is 6.42 Å². The number of carbonyl (C=O) groups is 3. The number of esters is 1. The molecule has 16 heteroatoms. The molecule has 5 rings (SSSR count). The van der Waals surface area contributed by atoms with Crippen molar-refractivity contribution in [2.24, 2.45) is 23.7 Å². The molecular formula is C44H78N4O12. The Morgan fingerprint density at radius 3 is 2.10 bits per heavy atom. The third kappa shape index (κ3) is 9.88. The van der Waals surface area contributed by atoms with Crippen molar-refractivity contribution in [1.29, 1.82) is 0 Å². The molecule has 5 aliphatic rings. The summed E-state index contributed by atoms with van der Waals surface area (Å²) in [6.45, 7) is 22.4. The lowest BCUT2D eigenvalue weighted by Crippen LogP contribution is -2.65. The van der Waals surface area contributed by atoms with Gasteiger partial charge in [-0.05, 0) is 81.9 Å². The molecule has 5 aliphatic heterocycles. The Morgan fingerprint density at radius 1 is 0.883 bits per heavy atom. The standard InChI is InChI=1S/C44H78N4O12/c1-16-31-44(10)36(45-41(52)60-44)26(4)34(49)24(2)22-43(9,54-15)38(59-40-33(46(11)12)30(21-25(3)55-40)48-19-17-47(13)18-20-48)27(5)35(28(6)39(51)57-31)58-32-23-42(8,53-14)37(50)29(7)56-32/h24-33,35-38,40,50H,16-23H2,1-15H3,(H,45,52)/t24-,25-,26+,27+,28-,29+,30-,31-,32+,33+,35+,36-,37+,38-,40+,42-,43+,44-/m1/s1. The van der Waals surface area contributed by atoms with E-state index in [1.165, 1.54) is 0 Å². The van der Waals surface area contributed by atoms with Gasteiger partial charge < -0.3 is 58.1 Å². The zero-order valence-electron chi connectivity index (χ0n) is 39.1. The van der Waals surface area contributed by atoms with E-state index in [4.69, 9.17) is 37.9 Å². The third-order valence-corrected chi connectivity index (χ3v) is 14.8. The largest absolute Gasteiger partial charge is 0.458 e. The number of ketones is 1. The van der Waals surface area contributed by atoms with E-state index in [2.05, 4.69) is 34.0 Å². The highest BCUT2D eigenvalue weighted by Crippen LogP contribution is 2.43. The Morgan fingerprint density at radius 2 is 1.52 bits per heavy atom. The fourth-order valence-corrected chi connectivity index (χ4v) is 10.9. The van der Waals surface area contributed by atoms with Crippen molar-refractivity contribution in [1.82, 2.24) is 20.0 Å². The summed E-state index contributed by atoms with van der Waals surface area (Å²) in [4.78, 5) is 49.3. The van der Waals surface area contributed by atoms with E-state index >= 15 is 0 Å². The molecule has 0 saturated carbocycles. The topological polar surface area (TPSA) is 167 Å². The van der Waals surface area contributed by atoms with Crippen molar-refractivity contribution in [2.45, 2.75) is 179 Å². The summed E-state index contributed by atoms with van der Waals surface area (Å²) in [6, 6.07) is -0.818. The highest BCUT2D eigenvalue weighted by molar-refractivity contribution is 5.85. The lowest BCUT2D eigenvalue weighted by atomic mass is 9.73. The van der Waals surface area contributed by atoms with Crippen LogP contribution < -0.4 is 5.32 Å². The molecule has 0 aromatic heterocycles. The summed E-state index contributed by atoms with van der Waals surface area (Å²) in [5.41, 5.74) is -3.48. The van der Waals surface area contributed by atoms with Gasteiger partial charge in [0.1, 0.15) is 18.0 Å². The van der Waals surface area contributed by atoms with Crippen molar-refractivity contribution in [2.75, 3.05) is 61.5 Å². The number of amides is 1. The summed E-state index contributed by atoms with van der Waals surface area (Å²) in [7, 11) is 9.41. The lowest BCUT2D eigenvalue weighted by Gasteiger charge is -2.52. The van der Waals surface area contributed by atoms with Gasteiger partial charge in [-0.3, -0.25) is 14.5 Å². The van der Waals surface area contributed by atoms with Gasteiger partial charge in [-0.15, -0.1) is 0 Å². The molecular weight excluding hydrogens is 776 g/mol. The van der Waals surface area contributed by atoms with E-state index in [9.17, 15) is 19.5 Å². The number of hydrogen-bond acceptors (Lipinski definition) is 15. The highest BCUT2D eigenvalue weighted by Gasteiger charge is 2.58. The monoisotopic (exact) mass is 855 g/mol. The number of cyclic esters (lactones) is 1. The number of carbonyl (C=O) groups excluding carboxylic acids is 3. The smallest absolute Gasteiger partial charge is 0.408 e. The fourth-order valence-electron chi connectivity index (χ4n) is 10.9. The Hall–Kier alpha value is -1.99. The minimum atomic E-state index is -1.34. The van der Waals surface area contributed by atoms with Crippen LogP contribution in [0.15, 0.2) is 0 Å². The molecule has 1 amide bonds. The zero-order chi connectivity index (χ0) is 44.6. The zero-order valence-corrected chi connectivity index (χ0v) is 39.1. The molecule has 0 unspecified atom stereocenters. The minimum Gasteiger partial charge on any atom is -0.458 e. The Bertz CT molecular complexity index is 1480. The molecule has 60 heavy (non-hydrogen) atoms. The number of hydrogen-bond donors (Lipinski definition) is 2. The maximum absolute atomic E-state index is 14.7. The normalized spacial score (nSPS) is 47.0. The second-order valence-corrected chi connectivity index (χ2v) is 19.5. The minimum absolute atomic E-state index is 0.100. The van der Waals surface area contributed by atoms with Crippen LogP contribution in [0.2, 0.25) is 0 Å². The molecule has 16 nitrogen and oxygen atoms in total. The first-order chi connectivity index (χ1) is 28.0. The van der Waals surface area contributed by atoms with Gasteiger partial charge in [0.2, 0.25) is 0 Å². The SMILES string of the molecule is CC[C@H]1OC(=O)[C@H](C)[C@@H](O[C@H]2C[C@@](C)(OC)[C@@H](O)[C@H](C)O2)[C@H](C)[C@@H](O[C@@H]2O[C@H](C)C[C@@H](N3CCN(C)CC3)[C@@H]2N(C)C)[C@@](C)(OC)C[C@@H](C)C(=O)[C@H](C)[C@H]2NC(=O)O[C@@]21C. The van der Waals surface area contributed by atoms with Gasteiger partial charge in [0.25, 0.3) is 0 Å². The quantitative estimate of drug-likeness (QED) is 0.324. The number of rotatable bonds is 9. The summed E-state index contributed by atoms with van der Waals surface area (Å²) in [6.07, 6.45) is -5.06. The molecule has 5 heterocycles. The van der Waals surface area contributed by atoms with Crippen molar-refractivity contribution in [3.8, 4) is 0 Å². The molecule has 0 aliphatic carbocycles. The fraction of sp³-hybridized carbons (Fsp3) is 0.932. The first-order valence-electron chi connectivity index (χ1n) is 22.3. The van der Waals surface area contributed by atoms with Gasteiger partial charge in [-0.25, -0.2) is 4.79 Å². The number of nitrogens with zero attached hydrogens (tertiary/aromatic N) is 3. The van der Waals surface area contributed by atoms with Crippen molar-refractivity contribution in [3.63, 3.8) is 0 Å².